The van der Waals surface area contributed by atoms with Crippen LogP contribution in [0.25, 0.3) is 0 Å². The molecule has 1 aromatic rings. The number of nitrogens with zero attached hydrogens (tertiary/aromatic N) is 4. The van der Waals surface area contributed by atoms with E-state index in [0.29, 0.717) is 16.7 Å². The second-order valence-electron chi connectivity index (χ2n) is 18.2. The quantitative estimate of drug-likeness (QED) is 0.217. The summed E-state index contributed by atoms with van der Waals surface area (Å²) in [5.41, 5.74) is 18.0. The summed E-state index contributed by atoms with van der Waals surface area (Å²) in [4.78, 5) is 20.3. The van der Waals surface area contributed by atoms with Crippen molar-refractivity contribution in [3.05, 3.63) is 58.8 Å². The summed E-state index contributed by atoms with van der Waals surface area (Å²) in [5, 5.41) is 0. The van der Waals surface area contributed by atoms with Crippen molar-refractivity contribution in [3.8, 4) is 0 Å². The van der Waals surface area contributed by atoms with Crippen LogP contribution >= 0.6 is 0 Å². The third-order valence-corrected chi connectivity index (χ3v) is 12.1. The van der Waals surface area contributed by atoms with Crippen molar-refractivity contribution in [2.45, 2.75) is 158 Å². The zero-order chi connectivity index (χ0) is 36.1. The first-order chi connectivity index (χ1) is 22.9. The van der Waals surface area contributed by atoms with Crippen LogP contribution in [0.5, 0.6) is 0 Å². The zero-order valence-corrected chi connectivity index (χ0v) is 32.8. The molecule has 6 heteroatoms. The minimum absolute atomic E-state index is 0.109. The third-order valence-electron chi connectivity index (χ3n) is 12.1. The molecule has 0 spiro atoms. The Bertz CT molecular complexity index is 1470. The van der Waals surface area contributed by atoms with Gasteiger partial charge in [0.05, 0.1) is 5.69 Å². The van der Waals surface area contributed by atoms with E-state index in [-0.39, 0.29) is 10.8 Å². The average molecular weight is 669 g/mol. The Morgan fingerprint density at radius 3 is 1.86 bits per heavy atom. The van der Waals surface area contributed by atoms with Crippen molar-refractivity contribution >= 4 is 24.0 Å². The first kappa shape index (κ1) is 38.8. The van der Waals surface area contributed by atoms with Crippen LogP contribution in [0.1, 0.15) is 158 Å². The van der Waals surface area contributed by atoms with E-state index in [9.17, 15) is 0 Å². The van der Waals surface area contributed by atoms with Crippen LogP contribution in [0.15, 0.2) is 62.6 Å². The molecule has 2 fully saturated rings. The lowest BCUT2D eigenvalue weighted by Gasteiger charge is -2.36. The highest BCUT2D eigenvalue weighted by Crippen LogP contribution is 2.48. The molecule has 4 rings (SSSR count). The van der Waals surface area contributed by atoms with Gasteiger partial charge in [0.25, 0.3) is 0 Å². The normalized spacial score (nSPS) is 22.3. The first-order valence-corrected chi connectivity index (χ1v) is 19.2. The van der Waals surface area contributed by atoms with Crippen molar-refractivity contribution in [2.24, 2.45) is 54.0 Å². The predicted octanol–water partition coefficient (Wildman–Crippen LogP) is 11.1. The molecule has 1 aromatic heterocycles. The molecular formula is C43H68N6. The van der Waals surface area contributed by atoms with Crippen LogP contribution < -0.4 is 11.5 Å². The number of aromatic nitrogens is 1. The number of hydrogen-bond donors (Lipinski definition) is 2. The molecule has 4 N–H and O–H groups in total. The monoisotopic (exact) mass is 669 g/mol. The standard InChI is InChI=1S/C43H68N6/c1-11-42(19-13-14-20-42)29-31-25-35(48-37(27-31)46-23-17-33(44)39(3,4)5)41(9,10)36-26-32(30-43(12-2)21-15-16-22-43)28-38(49-36)47-24-18-34(45)40(6,7)8/h17-18,23-25,27-28,32H,11-16,19-22,26,29-30,44-45H2,1-10H3. The Morgan fingerprint density at radius 1 is 0.796 bits per heavy atom. The lowest BCUT2D eigenvalue weighted by molar-refractivity contribution is 0.228. The van der Waals surface area contributed by atoms with Gasteiger partial charge in [-0.3, -0.25) is 0 Å². The number of rotatable bonds is 12. The molecular weight excluding hydrogens is 601 g/mol. The van der Waals surface area contributed by atoms with Crippen LogP contribution in [-0.2, 0) is 11.8 Å². The van der Waals surface area contributed by atoms with Gasteiger partial charge in [-0.2, -0.15) is 0 Å². The van der Waals surface area contributed by atoms with E-state index >= 15 is 0 Å². The fourth-order valence-corrected chi connectivity index (χ4v) is 8.03. The van der Waals surface area contributed by atoms with Crippen LogP contribution in [0, 0.1) is 27.6 Å². The lowest BCUT2D eigenvalue weighted by Crippen LogP contribution is -2.34. The minimum atomic E-state index is -0.405. The van der Waals surface area contributed by atoms with E-state index in [0.717, 1.165) is 47.3 Å². The zero-order valence-electron chi connectivity index (χ0n) is 32.8. The highest BCUT2D eigenvalue weighted by molar-refractivity contribution is 5.96. The number of aliphatic imine (C=N–C) groups is 3. The fraction of sp³-hybridized carbons (Fsp3) is 0.674. The van der Waals surface area contributed by atoms with Crippen molar-refractivity contribution < 1.29 is 0 Å². The Balaban J connectivity index is 1.76. The van der Waals surface area contributed by atoms with Crippen LogP contribution in [0.2, 0.25) is 0 Å². The van der Waals surface area contributed by atoms with E-state index in [1.54, 1.807) is 0 Å². The van der Waals surface area contributed by atoms with E-state index < -0.39 is 5.41 Å². The van der Waals surface area contributed by atoms with Gasteiger partial charge in [0.2, 0.25) is 0 Å². The van der Waals surface area contributed by atoms with Crippen molar-refractivity contribution in [2.75, 3.05) is 0 Å². The summed E-state index contributed by atoms with van der Waals surface area (Å²) in [6.45, 7) is 22.0. The molecule has 3 aliphatic rings. The predicted molar refractivity (Wildman–Crippen MR) is 212 cm³/mol. The molecule has 0 aromatic carbocycles. The molecule has 49 heavy (non-hydrogen) atoms. The molecule has 2 heterocycles. The molecule has 1 unspecified atom stereocenters. The summed E-state index contributed by atoms with van der Waals surface area (Å²) >= 11 is 0. The minimum Gasteiger partial charge on any atom is -0.402 e. The van der Waals surface area contributed by atoms with Gasteiger partial charge < -0.3 is 11.5 Å². The molecule has 1 atom stereocenters. The van der Waals surface area contributed by atoms with Gasteiger partial charge in [0.1, 0.15) is 5.82 Å². The maximum atomic E-state index is 6.37. The van der Waals surface area contributed by atoms with Gasteiger partial charge in [-0.25, -0.2) is 20.0 Å². The second-order valence-corrected chi connectivity index (χ2v) is 18.2. The van der Waals surface area contributed by atoms with Crippen LogP contribution in [0.4, 0.5) is 5.82 Å². The van der Waals surface area contributed by atoms with Crippen molar-refractivity contribution in [3.63, 3.8) is 0 Å². The summed E-state index contributed by atoms with van der Waals surface area (Å²) in [7, 11) is 0. The summed E-state index contributed by atoms with van der Waals surface area (Å²) in [6.07, 6.45) is 26.0. The molecule has 2 saturated carbocycles. The maximum absolute atomic E-state index is 6.37. The lowest BCUT2D eigenvalue weighted by atomic mass is 9.71. The molecule has 0 saturated heterocycles. The van der Waals surface area contributed by atoms with Crippen LogP contribution in [0.3, 0.4) is 0 Å². The van der Waals surface area contributed by atoms with Crippen LogP contribution in [-0.4, -0.2) is 23.1 Å². The summed E-state index contributed by atoms with van der Waals surface area (Å²) in [6, 6.07) is 4.55. The Morgan fingerprint density at radius 2 is 1.33 bits per heavy atom. The summed E-state index contributed by atoms with van der Waals surface area (Å²) in [5.74, 6) is 1.91. The largest absolute Gasteiger partial charge is 0.402 e. The highest BCUT2D eigenvalue weighted by Gasteiger charge is 2.39. The Labute approximate surface area is 299 Å². The molecule has 270 valence electrons. The average Bonchev–Trinajstić information content (AvgIpc) is 3.70. The number of nitrogens with two attached hydrogens (primary N) is 2. The smallest absolute Gasteiger partial charge is 0.152 e. The third kappa shape index (κ3) is 10.0. The van der Waals surface area contributed by atoms with Gasteiger partial charge in [-0.05, 0) is 111 Å². The second kappa shape index (κ2) is 15.5. The molecule has 0 radical (unpaired) electrons. The molecule has 2 aliphatic carbocycles. The topological polar surface area (TPSA) is 102 Å². The van der Waals surface area contributed by atoms with Crippen molar-refractivity contribution in [1.29, 1.82) is 0 Å². The Hall–Kier alpha value is -3.02. The van der Waals surface area contributed by atoms with E-state index in [2.05, 4.69) is 87.4 Å². The van der Waals surface area contributed by atoms with Gasteiger partial charge in [-0.1, -0.05) is 93.9 Å². The fourth-order valence-electron chi connectivity index (χ4n) is 8.03. The number of allylic oxidation sites excluding steroid dienone is 5. The van der Waals surface area contributed by atoms with Crippen molar-refractivity contribution in [1.82, 2.24) is 4.98 Å². The molecule has 0 bridgehead atoms. The SMILES string of the molecule is CCC1(Cc2cc(N=CC=C(N)C(C)(C)C)nc(C(C)(C)C3=NC(N=CC=C(N)C(C)(C)C)=CC(CC4(CC)CCCC4)C3)c2)CCCC1. The van der Waals surface area contributed by atoms with E-state index in [1.807, 2.05) is 24.6 Å². The Kier molecular flexibility index (Phi) is 12.2. The molecule has 1 aliphatic heterocycles. The first-order valence-electron chi connectivity index (χ1n) is 19.2. The van der Waals surface area contributed by atoms with E-state index in [1.165, 1.54) is 76.2 Å². The van der Waals surface area contributed by atoms with Gasteiger partial charge >= 0.3 is 0 Å². The molecule has 6 nitrogen and oxygen atoms in total. The number of pyridine rings is 1. The number of hydrogen-bond acceptors (Lipinski definition) is 6. The highest BCUT2D eigenvalue weighted by atomic mass is 15.0. The molecule has 0 amide bonds. The van der Waals surface area contributed by atoms with Gasteiger partial charge in [0, 0.05) is 45.8 Å². The van der Waals surface area contributed by atoms with Gasteiger partial charge in [0.15, 0.2) is 5.82 Å². The summed E-state index contributed by atoms with van der Waals surface area (Å²) < 4.78 is 0. The van der Waals surface area contributed by atoms with Gasteiger partial charge in [-0.15, -0.1) is 0 Å². The van der Waals surface area contributed by atoms with E-state index in [4.69, 9.17) is 31.4 Å². The maximum Gasteiger partial charge on any atom is 0.152 e.